The highest BCUT2D eigenvalue weighted by Crippen LogP contribution is 2.22. The summed E-state index contributed by atoms with van der Waals surface area (Å²) in [6, 6.07) is 4.16. The molecular weight excluding hydrogens is 280 g/mol. The third-order valence-electron chi connectivity index (χ3n) is 2.70. The van der Waals surface area contributed by atoms with Crippen LogP contribution in [-0.2, 0) is 11.2 Å². The minimum Gasteiger partial charge on any atom is -0.382 e. The zero-order chi connectivity index (χ0) is 12.3. The summed E-state index contributed by atoms with van der Waals surface area (Å²) in [5, 5.41) is 0. The lowest BCUT2D eigenvalue weighted by molar-refractivity contribution is 0.145. The van der Waals surface area contributed by atoms with Crippen molar-refractivity contribution in [1.29, 1.82) is 0 Å². The topological polar surface area (TPSA) is 37.9 Å². The fourth-order valence-electron chi connectivity index (χ4n) is 1.90. The number of nitrogens with one attached hydrogen (secondary N) is 1. The van der Waals surface area contributed by atoms with Crippen molar-refractivity contribution in [3.63, 3.8) is 0 Å². The molecule has 0 unspecified atom stereocenters. The highest BCUT2D eigenvalue weighted by molar-refractivity contribution is 9.10. The number of aryl methyl sites for hydroxylation is 2. The van der Waals surface area contributed by atoms with Crippen LogP contribution < -0.4 is 0 Å². The number of halogens is 1. The molecule has 0 aliphatic heterocycles. The van der Waals surface area contributed by atoms with E-state index >= 15 is 0 Å². The van der Waals surface area contributed by atoms with Gasteiger partial charge in [0.25, 0.3) is 0 Å². The molecular formula is C13H17BrN2O. The maximum atomic E-state index is 5.32. The van der Waals surface area contributed by atoms with Gasteiger partial charge in [-0.25, -0.2) is 4.98 Å². The highest BCUT2D eigenvalue weighted by atomic mass is 79.9. The molecule has 2 aromatic rings. The Balaban J connectivity index is 2.12. The Morgan fingerprint density at radius 1 is 1.41 bits per heavy atom. The van der Waals surface area contributed by atoms with Gasteiger partial charge in [0.2, 0.25) is 0 Å². The van der Waals surface area contributed by atoms with E-state index in [1.807, 2.05) is 6.92 Å². The monoisotopic (exact) mass is 296 g/mol. The lowest BCUT2D eigenvalue weighted by atomic mass is 10.2. The Labute approximate surface area is 110 Å². The molecule has 1 aromatic heterocycles. The van der Waals surface area contributed by atoms with E-state index in [1.54, 1.807) is 0 Å². The van der Waals surface area contributed by atoms with Gasteiger partial charge >= 0.3 is 0 Å². The molecule has 0 spiro atoms. The summed E-state index contributed by atoms with van der Waals surface area (Å²) in [5.74, 6) is 1.04. The van der Waals surface area contributed by atoms with Crippen molar-refractivity contribution in [3.05, 3.63) is 28.0 Å². The van der Waals surface area contributed by atoms with Crippen LogP contribution in [0, 0.1) is 6.92 Å². The smallest absolute Gasteiger partial charge is 0.107 e. The summed E-state index contributed by atoms with van der Waals surface area (Å²) >= 11 is 3.50. The zero-order valence-corrected chi connectivity index (χ0v) is 11.8. The van der Waals surface area contributed by atoms with Crippen LogP contribution in [0.25, 0.3) is 11.0 Å². The summed E-state index contributed by atoms with van der Waals surface area (Å²) in [7, 11) is 0. The number of H-pyrrole nitrogens is 1. The summed E-state index contributed by atoms with van der Waals surface area (Å²) in [6.07, 6.45) is 1.94. The van der Waals surface area contributed by atoms with Crippen molar-refractivity contribution in [2.24, 2.45) is 0 Å². The molecule has 0 atom stereocenters. The van der Waals surface area contributed by atoms with Gasteiger partial charge in [-0.05, 0) is 38.0 Å². The number of aromatic nitrogens is 2. The Kier molecular flexibility index (Phi) is 4.18. The maximum absolute atomic E-state index is 5.32. The van der Waals surface area contributed by atoms with E-state index in [-0.39, 0.29) is 0 Å². The number of aromatic amines is 1. The van der Waals surface area contributed by atoms with Crippen LogP contribution in [-0.4, -0.2) is 23.2 Å². The van der Waals surface area contributed by atoms with Gasteiger partial charge in [0.1, 0.15) is 5.82 Å². The van der Waals surface area contributed by atoms with Gasteiger partial charge in [-0.15, -0.1) is 0 Å². The van der Waals surface area contributed by atoms with E-state index in [2.05, 4.69) is 45.0 Å². The average molecular weight is 297 g/mol. The SMILES string of the molecule is CCOCCCc1nc2c(C)cc(Br)cc2[nH]1. The Morgan fingerprint density at radius 3 is 3.00 bits per heavy atom. The lowest BCUT2D eigenvalue weighted by Crippen LogP contribution is -1.97. The van der Waals surface area contributed by atoms with Crippen molar-refractivity contribution in [1.82, 2.24) is 9.97 Å². The van der Waals surface area contributed by atoms with E-state index in [0.717, 1.165) is 47.4 Å². The van der Waals surface area contributed by atoms with Gasteiger partial charge < -0.3 is 9.72 Å². The first-order valence-corrected chi connectivity index (χ1v) is 6.72. The maximum Gasteiger partial charge on any atom is 0.107 e. The van der Waals surface area contributed by atoms with Gasteiger partial charge in [-0.3, -0.25) is 0 Å². The van der Waals surface area contributed by atoms with Gasteiger partial charge in [-0.1, -0.05) is 15.9 Å². The molecule has 0 saturated carbocycles. The van der Waals surface area contributed by atoms with E-state index < -0.39 is 0 Å². The first-order valence-electron chi connectivity index (χ1n) is 5.93. The van der Waals surface area contributed by atoms with Gasteiger partial charge in [-0.2, -0.15) is 0 Å². The molecule has 1 heterocycles. The number of hydrogen-bond acceptors (Lipinski definition) is 2. The summed E-state index contributed by atoms with van der Waals surface area (Å²) in [6.45, 7) is 5.68. The summed E-state index contributed by atoms with van der Waals surface area (Å²) in [5.41, 5.74) is 3.37. The number of benzene rings is 1. The predicted octanol–water partition coefficient (Wildman–Crippen LogP) is 3.60. The van der Waals surface area contributed by atoms with Crippen molar-refractivity contribution < 1.29 is 4.74 Å². The van der Waals surface area contributed by atoms with Crippen molar-refractivity contribution >= 4 is 27.0 Å². The third kappa shape index (κ3) is 3.07. The number of nitrogens with zero attached hydrogens (tertiary/aromatic N) is 1. The van der Waals surface area contributed by atoms with Crippen LogP contribution in [0.1, 0.15) is 24.7 Å². The number of fused-ring (bicyclic) bond motifs is 1. The number of ether oxygens (including phenoxy) is 1. The highest BCUT2D eigenvalue weighted by Gasteiger charge is 2.06. The zero-order valence-electron chi connectivity index (χ0n) is 10.2. The molecule has 3 nitrogen and oxygen atoms in total. The van der Waals surface area contributed by atoms with Crippen LogP contribution in [0.4, 0.5) is 0 Å². The number of hydrogen-bond donors (Lipinski definition) is 1. The van der Waals surface area contributed by atoms with Crippen LogP contribution in [0.15, 0.2) is 16.6 Å². The quantitative estimate of drug-likeness (QED) is 0.856. The number of rotatable bonds is 5. The molecule has 2 rings (SSSR count). The first kappa shape index (κ1) is 12.6. The van der Waals surface area contributed by atoms with Gasteiger partial charge in [0.05, 0.1) is 11.0 Å². The second kappa shape index (κ2) is 5.65. The largest absolute Gasteiger partial charge is 0.382 e. The average Bonchev–Trinajstić information content (AvgIpc) is 2.67. The van der Waals surface area contributed by atoms with Crippen LogP contribution >= 0.6 is 15.9 Å². The molecule has 0 aliphatic rings. The minimum absolute atomic E-state index is 0.784. The molecule has 92 valence electrons. The molecule has 0 radical (unpaired) electrons. The van der Waals surface area contributed by atoms with Crippen molar-refractivity contribution in [2.75, 3.05) is 13.2 Å². The molecule has 0 saturated heterocycles. The fraction of sp³-hybridized carbons (Fsp3) is 0.462. The second-order valence-electron chi connectivity index (χ2n) is 4.10. The second-order valence-corrected chi connectivity index (χ2v) is 5.02. The molecule has 17 heavy (non-hydrogen) atoms. The van der Waals surface area contributed by atoms with Crippen LogP contribution in [0.3, 0.4) is 0 Å². The first-order chi connectivity index (χ1) is 8.20. The van der Waals surface area contributed by atoms with Gasteiger partial charge in [0, 0.05) is 24.1 Å². The molecule has 1 aromatic carbocycles. The Morgan fingerprint density at radius 2 is 2.24 bits per heavy atom. The molecule has 0 fully saturated rings. The van der Waals surface area contributed by atoms with Crippen LogP contribution in [0.2, 0.25) is 0 Å². The van der Waals surface area contributed by atoms with Crippen LogP contribution in [0.5, 0.6) is 0 Å². The standard InChI is InChI=1S/C13H17BrN2O/c1-3-17-6-4-5-12-15-11-8-10(14)7-9(2)13(11)16-12/h7-8H,3-6H2,1-2H3,(H,15,16). The van der Waals surface area contributed by atoms with E-state index in [9.17, 15) is 0 Å². The van der Waals surface area contributed by atoms with Crippen molar-refractivity contribution in [3.8, 4) is 0 Å². The molecule has 1 N–H and O–H groups in total. The molecule has 0 amide bonds. The summed E-state index contributed by atoms with van der Waals surface area (Å²) < 4.78 is 6.41. The van der Waals surface area contributed by atoms with E-state index in [0.29, 0.717) is 0 Å². The van der Waals surface area contributed by atoms with E-state index in [4.69, 9.17) is 4.74 Å². The lowest BCUT2D eigenvalue weighted by Gasteiger charge is -1.98. The minimum atomic E-state index is 0.784. The Bertz CT molecular complexity index is 507. The Hall–Kier alpha value is -0.870. The van der Waals surface area contributed by atoms with Gasteiger partial charge in [0.15, 0.2) is 0 Å². The normalized spacial score (nSPS) is 11.2. The van der Waals surface area contributed by atoms with E-state index in [1.165, 1.54) is 5.56 Å². The fourth-order valence-corrected chi connectivity index (χ4v) is 2.47. The third-order valence-corrected chi connectivity index (χ3v) is 3.16. The van der Waals surface area contributed by atoms with Crippen molar-refractivity contribution in [2.45, 2.75) is 26.7 Å². The molecule has 4 heteroatoms. The molecule has 0 bridgehead atoms. The predicted molar refractivity (Wildman–Crippen MR) is 73.3 cm³/mol. The summed E-state index contributed by atoms with van der Waals surface area (Å²) in [4.78, 5) is 7.98. The number of imidazole rings is 1. The molecule has 0 aliphatic carbocycles.